The molecule has 1 aromatic heterocycles. The number of anilines is 1. The molecule has 1 fully saturated rings. The highest BCUT2D eigenvalue weighted by molar-refractivity contribution is 6.32. The Balaban J connectivity index is 1.61. The Morgan fingerprint density at radius 2 is 1.86 bits per heavy atom. The first kappa shape index (κ1) is 24.8. The zero-order valence-electron chi connectivity index (χ0n) is 18.0. The molecule has 1 aliphatic rings. The van der Waals surface area contributed by atoms with Crippen LogP contribution in [0, 0.1) is 10.1 Å². The van der Waals surface area contributed by atoms with Crippen LogP contribution in [0.3, 0.4) is 0 Å². The van der Waals surface area contributed by atoms with Gasteiger partial charge in [-0.15, -0.1) is 0 Å². The first-order valence-electron chi connectivity index (χ1n) is 10.3. The van der Waals surface area contributed by atoms with E-state index in [4.69, 9.17) is 27.9 Å². The highest BCUT2D eigenvalue weighted by atomic mass is 35.5. The average molecular weight is 529 g/mol. The number of alkyl halides is 3. The summed E-state index contributed by atoms with van der Waals surface area (Å²) >= 11 is 11.8. The molecule has 1 unspecified atom stereocenters. The fourth-order valence-electron chi connectivity index (χ4n) is 3.44. The van der Waals surface area contributed by atoms with Crippen molar-refractivity contribution in [3.63, 3.8) is 0 Å². The van der Waals surface area contributed by atoms with E-state index in [0.29, 0.717) is 23.6 Å². The maximum absolute atomic E-state index is 13.4. The number of rotatable bonds is 7. The highest BCUT2D eigenvalue weighted by Gasteiger charge is 2.43. The Hall–Kier alpha value is -3.31. The molecule has 0 aliphatic heterocycles. The number of nitrogens with zero attached hydrogens (tertiary/aromatic N) is 3. The van der Waals surface area contributed by atoms with Crippen LogP contribution in [0.15, 0.2) is 42.5 Å². The number of carbonyl (C=O) groups excluding carboxylic acids is 1. The number of aromatic nitrogens is 2. The highest BCUT2D eigenvalue weighted by Crippen LogP contribution is 2.47. The maximum atomic E-state index is 13.4. The first-order chi connectivity index (χ1) is 16.4. The third kappa shape index (κ3) is 5.51. The second kappa shape index (κ2) is 9.38. The van der Waals surface area contributed by atoms with Gasteiger partial charge in [0, 0.05) is 23.1 Å². The van der Waals surface area contributed by atoms with Crippen molar-refractivity contribution in [3.8, 4) is 11.5 Å². The Morgan fingerprint density at radius 1 is 1.20 bits per heavy atom. The van der Waals surface area contributed by atoms with Crippen LogP contribution < -0.4 is 10.1 Å². The summed E-state index contributed by atoms with van der Waals surface area (Å²) in [6.45, 7) is 1.37. The predicted molar refractivity (Wildman–Crippen MR) is 122 cm³/mol. The van der Waals surface area contributed by atoms with Gasteiger partial charge in [-0.25, -0.2) is 0 Å². The van der Waals surface area contributed by atoms with E-state index in [1.165, 1.54) is 19.1 Å². The minimum atomic E-state index is -4.78. The lowest BCUT2D eigenvalue weighted by Crippen LogP contribution is -2.26. The molecule has 4 rings (SSSR count). The van der Waals surface area contributed by atoms with Gasteiger partial charge in [0.15, 0.2) is 5.69 Å². The SMILES string of the molecule is CC(C(=O)Nc1cc(Oc2ccc(Cl)cc2)cc([N+](=O)[O-])c1)n1nc(C(F)(F)F)c(Cl)c1C1CC1. The molecule has 1 N–H and O–H groups in total. The van der Waals surface area contributed by atoms with Crippen molar-refractivity contribution in [2.45, 2.75) is 37.9 Å². The number of amides is 1. The molecule has 1 atom stereocenters. The van der Waals surface area contributed by atoms with Gasteiger partial charge in [-0.2, -0.15) is 18.3 Å². The van der Waals surface area contributed by atoms with Gasteiger partial charge < -0.3 is 10.1 Å². The van der Waals surface area contributed by atoms with E-state index >= 15 is 0 Å². The number of benzene rings is 2. The van der Waals surface area contributed by atoms with Crippen molar-refractivity contribution in [3.05, 3.63) is 74.0 Å². The number of nitro benzene ring substituents is 1. The smallest absolute Gasteiger partial charge is 0.436 e. The van der Waals surface area contributed by atoms with E-state index < -0.39 is 33.8 Å². The average Bonchev–Trinajstić information content (AvgIpc) is 3.55. The summed E-state index contributed by atoms with van der Waals surface area (Å²) < 4.78 is 46.7. The van der Waals surface area contributed by atoms with E-state index in [2.05, 4.69) is 10.4 Å². The van der Waals surface area contributed by atoms with E-state index in [1.807, 2.05) is 0 Å². The lowest BCUT2D eigenvalue weighted by atomic mass is 10.2. The summed E-state index contributed by atoms with van der Waals surface area (Å²) in [5.74, 6) is -0.554. The van der Waals surface area contributed by atoms with Crippen LogP contribution in [0.1, 0.15) is 43.1 Å². The lowest BCUT2D eigenvalue weighted by Gasteiger charge is -2.16. The van der Waals surface area contributed by atoms with Crippen LogP contribution in [0.25, 0.3) is 0 Å². The molecule has 35 heavy (non-hydrogen) atoms. The number of carbonyl (C=O) groups is 1. The molecule has 8 nitrogen and oxygen atoms in total. The van der Waals surface area contributed by atoms with Gasteiger partial charge in [-0.05, 0) is 44.0 Å². The Labute approximate surface area is 206 Å². The van der Waals surface area contributed by atoms with Crippen molar-refractivity contribution >= 4 is 40.5 Å². The van der Waals surface area contributed by atoms with Gasteiger partial charge in [0.25, 0.3) is 5.69 Å². The monoisotopic (exact) mass is 528 g/mol. The van der Waals surface area contributed by atoms with Gasteiger partial charge in [-0.1, -0.05) is 23.2 Å². The van der Waals surface area contributed by atoms with Gasteiger partial charge >= 0.3 is 6.18 Å². The van der Waals surface area contributed by atoms with Crippen LogP contribution in [0.2, 0.25) is 10.0 Å². The van der Waals surface area contributed by atoms with Gasteiger partial charge in [0.2, 0.25) is 5.91 Å². The summed E-state index contributed by atoms with van der Waals surface area (Å²) in [6.07, 6.45) is -3.52. The number of nitrogens with one attached hydrogen (secondary N) is 1. The molecular formula is C22H17Cl2F3N4O4. The number of hydrogen-bond donors (Lipinski definition) is 1. The fraction of sp³-hybridized carbons (Fsp3) is 0.273. The quantitative estimate of drug-likeness (QED) is 0.263. The molecule has 1 saturated carbocycles. The number of hydrogen-bond acceptors (Lipinski definition) is 5. The second-order valence-electron chi connectivity index (χ2n) is 7.96. The zero-order chi connectivity index (χ0) is 25.5. The van der Waals surface area contributed by atoms with Crippen molar-refractivity contribution in [2.75, 3.05) is 5.32 Å². The molecule has 13 heteroatoms. The zero-order valence-corrected chi connectivity index (χ0v) is 19.5. The summed E-state index contributed by atoms with van der Waals surface area (Å²) in [6, 6.07) is 8.70. The van der Waals surface area contributed by atoms with Crippen molar-refractivity contribution in [1.82, 2.24) is 9.78 Å². The first-order valence-corrected chi connectivity index (χ1v) is 11.1. The van der Waals surface area contributed by atoms with Crippen molar-refractivity contribution in [1.29, 1.82) is 0 Å². The fourth-order valence-corrected chi connectivity index (χ4v) is 3.95. The Kier molecular flexibility index (Phi) is 6.65. The van der Waals surface area contributed by atoms with Crippen molar-refractivity contribution < 1.29 is 27.6 Å². The van der Waals surface area contributed by atoms with Crippen LogP contribution in [-0.4, -0.2) is 20.6 Å². The molecular weight excluding hydrogens is 512 g/mol. The molecule has 1 heterocycles. The number of ether oxygens (including phenoxy) is 1. The molecule has 2 aromatic carbocycles. The number of non-ortho nitro benzene ring substituents is 1. The Morgan fingerprint density at radius 3 is 2.43 bits per heavy atom. The molecule has 0 bridgehead atoms. The van der Waals surface area contributed by atoms with E-state index in [1.54, 1.807) is 24.3 Å². The van der Waals surface area contributed by atoms with Crippen LogP contribution in [0.4, 0.5) is 24.5 Å². The van der Waals surface area contributed by atoms with Gasteiger partial charge in [0.1, 0.15) is 17.5 Å². The normalized spacial score (nSPS) is 14.5. The van der Waals surface area contributed by atoms with Crippen molar-refractivity contribution in [2.24, 2.45) is 0 Å². The summed E-state index contributed by atoms with van der Waals surface area (Å²) in [5, 5.41) is 17.4. The maximum Gasteiger partial charge on any atom is 0.436 e. The standard InChI is InChI=1S/C22H17Cl2F3N4O4/c1-11(30-19(12-2-3-12)18(24)20(29-30)22(25,26)27)21(32)28-14-8-15(31(33)34)10-17(9-14)35-16-6-4-13(23)5-7-16/h4-12H,2-3H2,1H3,(H,28,32). The lowest BCUT2D eigenvalue weighted by molar-refractivity contribution is -0.384. The minimum absolute atomic E-state index is 0.0160. The van der Waals surface area contributed by atoms with Crippen LogP contribution in [-0.2, 0) is 11.0 Å². The molecule has 3 aromatic rings. The number of halogens is 5. The summed E-state index contributed by atoms with van der Waals surface area (Å²) in [7, 11) is 0. The molecule has 184 valence electrons. The molecule has 0 spiro atoms. The Bertz CT molecular complexity index is 1290. The van der Waals surface area contributed by atoms with E-state index in [9.17, 15) is 28.1 Å². The van der Waals surface area contributed by atoms with E-state index in [0.717, 1.165) is 10.7 Å². The topological polar surface area (TPSA) is 99.3 Å². The van der Waals surface area contributed by atoms with Gasteiger partial charge in [-0.3, -0.25) is 19.6 Å². The minimum Gasteiger partial charge on any atom is -0.457 e. The largest absolute Gasteiger partial charge is 0.457 e. The van der Waals surface area contributed by atoms with Crippen LogP contribution >= 0.6 is 23.2 Å². The molecule has 0 saturated heterocycles. The third-order valence-electron chi connectivity index (χ3n) is 5.29. The molecule has 0 radical (unpaired) electrons. The van der Waals surface area contributed by atoms with Gasteiger partial charge in [0.05, 0.1) is 27.4 Å². The predicted octanol–water partition coefficient (Wildman–Crippen LogP) is 6.99. The molecule has 1 aliphatic carbocycles. The number of nitro groups is 1. The second-order valence-corrected chi connectivity index (χ2v) is 8.77. The van der Waals surface area contributed by atoms with E-state index in [-0.39, 0.29) is 28.7 Å². The third-order valence-corrected chi connectivity index (χ3v) is 5.91. The molecule has 1 amide bonds. The summed E-state index contributed by atoms with van der Waals surface area (Å²) in [5.41, 5.74) is -1.45. The van der Waals surface area contributed by atoms with Crippen LogP contribution in [0.5, 0.6) is 11.5 Å². The summed E-state index contributed by atoms with van der Waals surface area (Å²) in [4.78, 5) is 23.7.